The fourth-order valence-electron chi connectivity index (χ4n) is 5.30. The van der Waals surface area contributed by atoms with E-state index in [1.807, 2.05) is 6.07 Å². The van der Waals surface area contributed by atoms with Crippen molar-refractivity contribution in [2.24, 2.45) is 5.92 Å². The Morgan fingerprint density at radius 2 is 2.08 bits per heavy atom. The Balaban J connectivity index is 1.24. The highest BCUT2D eigenvalue weighted by Crippen LogP contribution is 2.46. The lowest BCUT2D eigenvalue weighted by molar-refractivity contribution is -0.161. The van der Waals surface area contributed by atoms with Crippen LogP contribution >= 0.6 is 22.5 Å². The summed E-state index contributed by atoms with van der Waals surface area (Å²) in [5, 5.41) is 2.98. The number of anilines is 1. The number of hydrogen-bond acceptors (Lipinski definition) is 8. The minimum atomic E-state index is -0.349. The average Bonchev–Trinajstić information content (AvgIpc) is 3.69. The molecule has 198 valence electrons. The van der Waals surface area contributed by atoms with Crippen molar-refractivity contribution in [1.29, 1.82) is 0 Å². The maximum atomic E-state index is 13.5. The number of ketones is 1. The van der Waals surface area contributed by atoms with Crippen LogP contribution in [0.15, 0.2) is 35.5 Å². The SMILES string of the molecule is O=C1CC[C@H](C[C@@H](C(=O)Nc2cnc(CCOC3CCCCO3)cn2)c2ccc(SS)c(C3CC3)c2)C1. The first-order valence-electron chi connectivity index (χ1n) is 13.4. The number of carbonyl (C=O) groups excluding carboxylic acids is 2. The van der Waals surface area contributed by atoms with Crippen molar-refractivity contribution in [3.05, 3.63) is 47.4 Å². The van der Waals surface area contributed by atoms with Crippen molar-refractivity contribution >= 4 is 40.0 Å². The molecule has 2 saturated carbocycles. The summed E-state index contributed by atoms with van der Waals surface area (Å²) in [6, 6.07) is 6.30. The van der Waals surface area contributed by atoms with Crippen molar-refractivity contribution in [2.45, 2.75) is 87.2 Å². The number of thiol groups is 1. The second kappa shape index (κ2) is 12.7. The predicted molar refractivity (Wildman–Crippen MR) is 147 cm³/mol. The molecule has 1 N–H and O–H groups in total. The number of carbonyl (C=O) groups is 2. The van der Waals surface area contributed by atoms with E-state index < -0.39 is 0 Å². The van der Waals surface area contributed by atoms with Crippen LogP contribution in [0.2, 0.25) is 0 Å². The van der Waals surface area contributed by atoms with Gasteiger partial charge in [0.2, 0.25) is 5.91 Å². The third-order valence-corrected chi connectivity index (χ3v) is 8.70. The summed E-state index contributed by atoms with van der Waals surface area (Å²) < 4.78 is 11.4. The first-order valence-corrected chi connectivity index (χ1v) is 15.3. The minimum absolute atomic E-state index is 0.104. The van der Waals surface area contributed by atoms with Gasteiger partial charge in [-0.05, 0) is 74.0 Å². The molecular weight excluding hydrogens is 506 g/mol. The number of hydrogen-bond donors (Lipinski definition) is 2. The highest BCUT2D eigenvalue weighted by atomic mass is 33.1. The third kappa shape index (κ3) is 7.34. The molecule has 37 heavy (non-hydrogen) atoms. The van der Waals surface area contributed by atoms with Gasteiger partial charge in [-0.2, -0.15) is 0 Å². The molecule has 2 heterocycles. The van der Waals surface area contributed by atoms with Crippen molar-refractivity contribution in [3.63, 3.8) is 0 Å². The largest absolute Gasteiger partial charge is 0.353 e. The summed E-state index contributed by atoms with van der Waals surface area (Å²) in [5.74, 6) is 1.06. The molecule has 0 radical (unpaired) electrons. The highest BCUT2D eigenvalue weighted by molar-refractivity contribution is 8.68. The minimum Gasteiger partial charge on any atom is -0.353 e. The summed E-state index contributed by atoms with van der Waals surface area (Å²) in [6.07, 6.45) is 12.0. The molecule has 3 aliphatic rings. The number of nitrogens with one attached hydrogen (secondary N) is 1. The number of amides is 1. The van der Waals surface area contributed by atoms with Gasteiger partial charge in [0, 0.05) is 30.8 Å². The summed E-state index contributed by atoms with van der Waals surface area (Å²) in [7, 11) is 1.46. The first-order chi connectivity index (χ1) is 18.1. The topological polar surface area (TPSA) is 90.4 Å². The van der Waals surface area contributed by atoms with Gasteiger partial charge in [0.25, 0.3) is 0 Å². The third-order valence-electron chi connectivity index (χ3n) is 7.54. The fraction of sp³-hybridized carbons (Fsp3) is 0.571. The molecule has 1 aliphatic heterocycles. The smallest absolute Gasteiger partial charge is 0.233 e. The summed E-state index contributed by atoms with van der Waals surface area (Å²) in [5.41, 5.74) is 3.09. The van der Waals surface area contributed by atoms with E-state index in [1.165, 1.54) is 29.2 Å². The van der Waals surface area contributed by atoms with Gasteiger partial charge in [0.05, 0.1) is 30.6 Å². The Hall–Kier alpha value is -1.94. The quantitative estimate of drug-likeness (QED) is 0.272. The second-order valence-corrected chi connectivity index (χ2v) is 11.6. The van der Waals surface area contributed by atoms with Crippen molar-refractivity contribution in [2.75, 3.05) is 18.5 Å². The van der Waals surface area contributed by atoms with Crippen LogP contribution in [0, 0.1) is 5.92 Å². The molecule has 9 heteroatoms. The van der Waals surface area contributed by atoms with Gasteiger partial charge in [0.1, 0.15) is 5.78 Å². The number of aromatic nitrogens is 2. The summed E-state index contributed by atoms with van der Waals surface area (Å²) >= 11 is 4.43. The predicted octanol–water partition coefficient (Wildman–Crippen LogP) is 5.86. The van der Waals surface area contributed by atoms with Crippen LogP contribution in [-0.2, 0) is 25.5 Å². The van der Waals surface area contributed by atoms with Gasteiger partial charge in [-0.15, -0.1) is 11.7 Å². The molecule has 0 bridgehead atoms. The molecule has 1 unspecified atom stereocenters. The van der Waals surface area contributed by atoms with Gasteiger partial charge in [-0.3, -0.25) is 14.6 Å². The highest BCUT2D eigenvalue weighted by Gasteiger charge is 2.32. The van der Waals surface area contributed by atoms with Gasteiger partial charge in [-0.25, -0.2) is 4.98 Å². The van der Waals surface area contributed by atoms with Crippen LogP contribution in [0.1, 0.15) is 86.4 Å². The van der Waals surface area contributed by atoms with Crippen molar-refractivity contribution in [1.82, 2.24) is 9.97 Å². The molecule has 2 aliphatic carbocycles. The van der Waals surface area contributed by atoms with E-state index in [4.69, 9.17) is 9.47 Å². The zero-order valence-electron chi connectivity index (χ0n) is 21.1. The van der Waals surface area contributed by atoms with E-state index in [0.29, 0.717) is 49.8 Å². The molecule has 5 rings (SSSR count). The molecule has 1 aromatic heterocycles. The van der Waals surface area contributed by atoms with Crippen LogP contribution in [0.4, 0.5) is 5.82 Å². The van der Waals surface area contributed by atoms with Gasteiger partial charge >= 0.3 is 0 Å². The van der Waals surface area contributed by atoms with Crippen LogP contribution in [0.3, 0.4) is 0 Å². The van der Waals surface area contributed by atoms with E-state index in [2.05, 4.69) is 39.1 Å². The van der Waals surface area contributed by atoms with Crippen molar-refractivity contribution < 1.29 is 19.1 Å². The van der Waals surface area contributed by atoms with E-state index >= 15 is 0 Å². The molecule has 1 aromatic carbocycles. The Labute approximate surface area is 227 Å². The van der Waals surface area contributed by atoms with Crippen LogP contribution < -0.4 is 5.32 Å². The molecule has 0 spiro atoms. The molecule has 1 amide bonds. The number of benzene rings is 1. The maximum Gasteiger partial charge on any atom is 0.233 e. The Morgan fingerprint density at radius 3 is 2.76 bits per heavy atom. The lowest BCUT2D eigenvalue weighted by atomic mass is 9.86. The van der Waals surface area contributed by atoms with Gasteiger partial charge < -0.3 is 14.8 Å². The normalized spacial score (nSPS) is 22.7. The second-order valence-electron chi connectivity index (χ2n) is 10.4. The fourth-order valence-corrected chi connectivity index (χ4v) is 6.26. The Bertz CT molecular complexity index is 1090. The van der Waals surface area contributed by atoms with E-state index in [1.54, 1.807) is 12.4 Å². The molecule has 3 atom stereocenters. The molecular formula is C28H35N3O4S2. The van der Waals surface area contributed by atoms with Crippen LogP contribution in [-0.4, -0.2) is 41.2 Å². The molecule has 3 fully saturated rings. The first kappa shape index (κ1) is 26.7. The Kier molecular flexibility index (Phi) is 9.18. The zero-order chi connectivity index (χ0) is 25.6. The van der Waals surface area contributed by atoms with Crippen LogP contribution in [0.5, 0.6) is 0 Å². The number of Topliss-reactive ketones (excluding diaryl/α,β-unsaturated/α-hetero) is 1. The molecule has 7 nitrogen and oxygen atoms in total. The summed E-state index contributed by atoms with van der Waals surface area (Å²) in [4.78, 5) is 35.5. The number of nitrogens with zero attached hydrogens (tertiary/aromatic N) is 2. The standard InChI is InChI=1S/C28H35N3O4S2/c32-22-8-4-18(13-22)14-24(20-7-9-25(37-36)23(15-20)19-5-6-19)28(33)31-26-17-29-21(16-30-26)10-12-35-27-3-1-2-11-34-27/h7,9,15-19,24,27,36H,1-6,8,10-14H2,(H,30,31,33)/t18-,24+,27?/m0/s1. The summed E-state index contributed by atoms with van der Waals surface area (Å²) in [6.45, 7) is 1.29. The van der Waals surface area contributed by atoms with Gasteiger partial charge in [0.15, 0.2) is 12.1 Å². The van der Waals surface area contributed by atoms with Crippen molar-refractivity contribution in [3.8, 4) is 0 Å². The maximum absolute atomic E-state index is 13.5. The monoisotopic (exact) mass is 541 g/mol. The lowest BCUT2D eigenvalue weighted by Gasteiger charge is -2.22. The molecule has 2 aromatic rings. The van der Waals surface area contributed by atoms with Crippen LogP contribution in [0.25, 0.3) is 0 Å². The Morgan fingerprint density at radius 1 is 1.19 bits per heavy atom. The van der Waals surface area contributed by atoms with Gasteiger partial charge in [-0.1, -0.05) is 22.9 Å². The van der Waals surface area contributed by atoms with E-state index in [-0.39, 0.29) is 24.0 Å². The average molecular weight is 542 g/mol. The van der Waals surface area contributed by atoms with E-state index in [0.717, 1.165) is 48.4 Å². The lowest BCUT2D eigenvalue weighted by Crippen LogP contribution is -2.24. The van der Waals surface area contributed by atoms with E-state index in [9.17, 15) is 9.59 Å². The number of ether oxygens (including phenoxy) is 2. The molecule has 1 saturated heterocycles. The zero-order valence-corrected chi connectivity index (χ0v) is 22.8. The number of rotatable bonds is 11.